The van der Waals surface area contributed by atoms with Crippen LogP contribution in [0.4, 0.5) is 0 Å². The molecule has 1 aliphatic heterocycles. The summed E-state index contributed by atoms with van der Waals surface area (Å²) in [5.74, 6) is 0.375. The molecule has 2 aromatic carbocycles. The van der Waals surface area contributed by atoms with Crippen molar-refractivity contribution in [2.45, 2.75) is 59.2 Å². The van der Waals surface area contributed by atoms with Crippen molar-refractivity contribution >= 4 is 17.7 Å². The van der Waals surface area contributed by atoms with E-state index in [1.54, 1.807) is 36.1 Å². The summed E-state index contributed by atoms with van der Waals surface area (Å²) in [4.78, 5) is 40.0. The Morgan fingerprint density at radius 2 is 1.62 bits per heavy atom. The molecular formula is C26H33N3O5. The van der Waals surface area contributed by atoms with Gasteiger partial charge in [0.1, 0.15) is 17.5 Å². The zero-order valence-electron chi connectivity index (χ0n) is 20.2. The molecule has 2 N–H and O–H groups in total. The van der Waals surface area contributed by atoms with Crippen LogP contribution in [0.5, 0.6) is 11.5 Å². The Labute approximate surface area is 200 Å². The smallest absolute Gasteiger partial charge is 0.279 e. The predicted molar refractivity (Wildman–Crippen MR) is 128 cm³/mol. The number of rotatable bonds is 8. The zero-order valence-corrected chi connectivity index (χ0v) is 20.2. The third-order valence-corrected chi connectivity index (χ3v) is 5.58. The molecule has 8 nitrogen and oxygen atoms in total. The maximum Gasteiger partial charge on any atom is 0.279 e. The highest BCUT2D eigenvalue weighted by molar-refractivity contribution is 5.90. The van der Waals surface area contributed by atoms with E-state index >= 15 is 0 Å². The van der Waals surface area contributed by atoms with Crippen molar-refractivity contribution in [2.75, 3.05) is 6.61 Å². The minimum absolute atomic E-state index is 0.0804. The van der Waals surface area contributed by atoms with Gasteiger partial charge in [0, 0.05) is 19.4 Å². The van der Waals surface area contributed by atoms with Crippen LogP contribution >= 0.6 is 0 Å². The Hall–Kier alpha value is -3.55. The molecular weight excluding hydrogens is 434 g/mol. The number of amides is 3. The van der Waals surface area contributed by atoms with Crippen LogP contribution in [0.1, 0.15) is 45.2 Å². The Balaban J connectivity index is 1.60. The topological polar surface area (TPSA) is 97.0 Å². The number of carbonyl (C=O) groups excluding carboxylic acids is 3. The summed E-state index contributed by atoms with van der Waals surface area (Å²) in [6.07, 6.45) is -0.102. The monoisotopic (exact) mass is 467 g/mol. The lowest BCUT2D eigenvalue weighted by Gasteiger charge is -2.36. The fourth-order valence-electron chi connectivity index (χ4n) is 3.83. The molecule has 0 spiro atoms. The number of nitrogens with one attached hydrogen (secondary N) is 2. The Bertz CT molecular complexity index is 1010. The molecule has 0 aliphatic carbocycles. The number of benzene rings is 2. The van der Waals surface area contributed by atoms with Gasteiger partial charge in [0.15, 0.2) is 6.10 Å². The van der Waals surface area contributed by atoms with Gasteiger partial charge in [-0.3, -0.25) is 25.2 Å². The fourth-order valence-corrected chi connectivity index (χ4v) is 3.83. The molecule has 0 saturated heterocycles. The Kier molecular flexibility index (Phi) is 8.51. The van der Waals surface area contributed by atoms with Crippen LogP contribution in [-0.2, 0) is 27.3 Å². The van der Waals surface area contributed by atoms with E-state index in [4.69, 9.17) is 9.47 Å². The SMILES string of the molecule is CCOc1ccc(OC(C)C(=O)NNC(=O)C2Cc3ccccc3CN2C(=O)CC(C)C)cc1. The van der Waals surface area contributed by atoms with Crippen LogP contribution in [0.3, 0.4) is 0 Å². The van der Waals surface area contributed by atoms with Gasteiger partial charge in [-0.15, -0.1) is 0 Å². The molecule has 3 rings (SSSR count). The summed E-state index contributed by atoms with van der Waals surface area (Å²) in [5.41, 5.74) is 6.97. The summed E-state index contributed by atoms with van der Waals surface area (Å²) < 4.78 is 11.0. The summed E-state index contributed by atoms with van der Waals surface area (Å²) in [6.45, 7) is 8.36. The van der Waals surface area contributed by atoms with E-state index in [0.29, 0.717) is 37.5 Å². The lowest BCUT2D eigenvalue weighted by Crippen LogP contribution is -2.57. The van der Waals surface area contributed by atoms with Crippen LogP contribution in [0.25, 0.3) is 0 Å². The van der Waals surface area contributed by atoms with Crippen molar-refractivity contribution in [3.63, 3.8) is 0 Å². The molecule has 0 saturated carbocycles. The van der Waals surface area contributed by atoms with Gasteiger partial charge in [0.2, 0.25) is 5.91 Å². The van der Waals surface area contributed by atoms with Gasteiger partial charge in [-0.2, -0.15) is 0 Å². The van der Waals surface area contributed by atoms with Crippen LogP contribution in [0.15, 0.2) is 48.5 Å². The van der Waals surface area contributed by atoms with Gasteiger partial charge in [0.25, 0.3) is 11.8 Å². The standard InChI is InChI=1S/C26H33N3O5/c1-5-33-21-10-12-22(13-11-21)34-18(4)25(31)27-28-26(32)23-15-19-8-6-7-9-20(19)16-29(23)24(30)14-17(2)3/h6-13,17-18,23H,5,14-16H2,1-4H3,(H,27,31)(H,28,32). The van der Waals surface area contributed by atoms with Crippen molar-refractivity contribution in [1.82, 2.24) is 15.8 Å². The van der Waals surface area contributed by atoms with Crippen LogP contribution in [-0.4, -0.2) is 41.4 Å². The summed E-state index contributed by atoms with van der Waals surface area (Å²) >= 11 is 0. The molecule has 8 heteroatoms. The van der Waals surface area contributed by atoms with Gasteiger partial charge in [0.05, 0.1) is 6.61 Å². The highest BCUT2D eigenvalue weighted by Crippen LogP contribution is 2.25. The molecule has 0 radical (unpaired) electrons. The number of hydrogen-bond acceptors (Lipinski definition) is 5. The number of hydrazine groups is 1. The first-order valence-electron chi connectivity index (χ1n) is 11.6. The molecule has 1 aliphatic rings. The molecule has 182 valence electrons. The van der Waals surface area contributed by atoms with E-state index < -0.39 is 24.0 Å². The summed E-state index contributed by atoms with van der Waals surface area (Å²) in [7, 11) is 0. The first-order chi connectivity index (χ1) is 16.3. The average Bonchev–Trinajstić information content (AvgIpc) is 2.82. The minimum Gasteiger partial charge on any atom is -0.494 e. The van der Waals surface area contributed by atoms with E-state index in [2.05, 4.69) is 10.9 Å². The maximum atomic E-state index is 13.0. The van der Waals surface area contributed by atoms with Gasteiger partial charge in [-0.25, -0.2) is 0 Å². The lowest BCUT2D eigenvalue weighted by molar-refractivity contribution is -0.143. The lowest BCUT2D eigenvalue weighted by atomic mass is 9.92. The fraction of sp³-hybridized carbons (Fsp3) is 0.423. The van der Waals surface area contributed by atoms with Gasteiger partial charge < -0.3 is 14.4 Å². The molecule has 0 bridgehead atoms. The normalized spacial score (nSPS) is 15.8. The van der Waals surface area contributed by atoms with Gasteiger partial charge >= 0.3 is 0 Å². The molecule has 1 heterocycles. The maximum absolute atomic E-state index is 13.0. The molecule has 0 fully saturated rings. The van der Waals surface area contributed by atoms with E-state index in [-0.39, 0.29) is 11.8 Å². The second-order valence-corrected chi connectivity index (χ2v) is 8.75. The van der Waals surface area contributed by atoms with E-state index in [0.717, 1.165) is 11.1 Å². The Morgan fingerprint density at radius 1 is 0.971 bits per heavy atom. The number of nitrogens with zero attached hydrogens (tertiary/aromatic N) is 1. The molecule has 2 unspecified atom stereocenters. The van der Waals surface area contributed by atoms with Gasteiger partial charge in [-0.05, 0) is 55.2 Å². The Morgan fingerprint density at radius 3 is 2.26 bits per heavy atom. The zero-order chi connectivity index (χ0) is 24.7. The number of fused-ring (bicyclic) bond motifs is 1. The molecule has 0 aromatic heterocycles. The van der Waals surface area contributed by atoms with Crippen molar-refractivity contribution in [3.8, 4) is 11.5 Å². The van der Waals surface area contributed by atoms with Crippen molar-refractivity contribution in [3.05, 3.63) is 59.7 Å². The van der Waals surface area contributed by atoms with Crippen LogP contribution in [0, 0.1) is 5.92 Å². The number of carbonyl (C=O) groups is 3. The summed E-state index contributed by atoms with van der Waals surface area (Å²) in [6, 6.07) is 14.0. The average molecular weight is 468 g/mol. The van der Waals surface area contributed by atoms with Crippen LogP contribution < -0.4 is 20.3 Å². The molecule has 34 heavy (non-hydrogen) atoms. The van der Waals surface area contributed by atoms with Gasteiger partial charge in [-0.1, -0.05) is 38.1 Å². The molecule has 2 atom stereocenters. The third kappa shape index (κ3) is 6.50. The largest absolute Gasteiger partial charge is 0.494 e. The molecule has 3 amide bonds. The number of hydrogen-bond donors (Lipinski definition) is 2. The second kappa shape index (κ2) is 11.5. The van der Waals surface area contributed by atoms with Crippen LogP contribution in [0.2, 0.25) is 0 Å². The highest BCUT2D eigenvalue weighted by atomic mass is 16.5. The minimum atomic E-state index is -0.844. The number of ether oxygens (including phenoxy) is 2. The van der Waals surface area contributed by atoms with Crippen molar-refractivity contribution in [1.29, 1.82) is 0 Å². The quantitative estimate of drug-likeness (QED) is 0.582. The van der Waals surface area contributed by atoms with E-state index in [1.807, 2.05) is 45.0 Å². The first-order valence-corrected chi connectivity index (χ1v) is 11.6. The van der Waals surface area contributed by atoms with Crippen molar-refractivity contribution in [2.24, 2.45) is 5.92 Å². The summed E-state index contributed by atoms with van der Waals surface area (Å²) in [5, 5.41) is 0. The second-order valence-electron chi connectivity index (χ2n) is 8.75. The first kappa shape index (κ1) is 25.1. The van der Waals surface area contributed by atoms with E-state index in [1.165, 1.54) is 0 Å². The highest BCUT2D eigenvalue weighted by Gasteiger charge is 2.35. The van der Waals surface area contributed by atoms with Crippen molar-refractivity contribution < 1.29 is 23.9 Å². The third-order valence-electron chi connectivity index (χ3n) is 5.58. The van der Waals surface area contributed by atoms with E-state index in [9.17, 15) is 14.4 Å². The molecule has 2 aromatic rings. The predicted octanol–water partition coefficient (Wildman–Crippen LogP) is 3.00.